The van der Waals surface area contributed by atoms with Gasteiger partial charge in [-0.05, 0) is 75.5 Å². The molecule has 0 radical (unpaired) electrons. The number of aliphatic carboxylic acids is 1. The van der Waals surface area contributed by atoms with E-state index in [9.17, 15) is 14.4 Å². The standard InChI is InChI=1S/C28H38N4O5/c1-4-26(33)32(19-21-13-16-31(17-14-21)15-7-10-27(34)35)22-11-12-24(25(18-22)37-3)30-28(36)29-23-9-6-5-8-20(23)2/h5-6,8-9,11-12,18,21H,4,7,10,13-17,19H2,1-3H3,(H,34,35)(H2,29,30,36). The summed E-state index contributed by atoms with van der Waals surface area (Å²) in [5, 5.41) is 14.5. The van der Waals surface area contributed by atoms with E-state index in [1.165, 1.54) is 7.11 Å². The number of carboxylic acid groups (broad SMARTS) is 1. The molecule has 0 atom stereocenters. The SMILES string of the molecule is CCC(=O)N(CC1CCN(CCCC(=O)O)CC1)c1ccc(NC(=O)Nc2ccccc2C)c(OC)c1. The predicted molar refractivity (Wildman–Crippen MR) is 145 cm³/mol. The Morgan fingerprint density at radius 2 is 1.78 bits per heavy atom. The molecule has 1 heterocycles. The Bertz CT molecular complexity index is 1080. The van der Waals surface area contributed by atoms with Gasteiger partial charge in [0.05, 0.1) is 12.8 Å². The number of urea groups is 1. The highest BCUT2D eigenvalue weighted by Crippen LogP contribution is 2.32. The van der Waals surface area contributed by atoms with Gasteiger partial charge < -0.3 is 30.3 Å². The molecule has 0 saturated carbocycles. The molecular weight excluding hydrogens is 472 g/mol. The van der Waals surface area contributed by atoms with E-state index >= 15 is 0 Å². The normalized spacial score (nSPS) is 14.1. The fourth-order valence-corrected chi connectivity index (χ4v) is 4.59. The number of hydrogen-bond acceptors (Lipinski definition) is 5. The topological polar surface area (TPSA) is 111 Å². The van der Waals surface area contributed by atoms with E-state index in [4.69, 9.17) is 9.84 Å². The van der Waals surface area contributed by atoms with Crippen LogP contribution in [-0.4, -0.2) is 61.2 Å². The molecule has 3 N–H and O–H groups in total. The van der Waals surface area contributed by atoms with Gasteiger partial charge in [-0.2, -0.15) is 0 Å². The van der Waals surface area contributed by atoms with E-state index in [1.807, 2.05) is 49.1 Å². The number of anilines is 3. The molecule has 3 amide bonds. The molecule has 1 saturated heterocycles. The summed E-state index contributed by atoms with van der Waals surface area (Å²) in [6.07, 6.45) is 3.14. The van der Waals surface area contributed by atoms with E-state index in [0.29, 0.717) is 36.7 Å². The third kappa shape index (κ3) is 8.21. The fraction of sp³-hybridized carbons (Fsp3) is 0.464. The maximum atomic E-state index is 12.9. The second kappa shape index (κ2) is 13.6. The predicted octanol–water partition coefficient (Wildman–Crippen LogP) is 4.97. The number of ether oxygens (including phenoxy) is 1. The van der Waals surface area contributed by atoms with Crippen molar-refractivity contribution < 1.29 is 24.2 Å². The van der Waals surface area contributed by atoms with Crippen LogP contribution in [0, 0.1) is 12.8 Å². The average Bonchev–Trinajstić information content (AvgIpc) is 2.89. The van der Waals surface area contributed by atoms with Gasteiger partial charge in [0.1, 0.15) is 5.75 Å². The Morgan fingerprint density at radius 1 is 1.08 bits per heavy atom. The number of nitrogens with one attached hydrogen (secondary N) is 2. The van der Waals surface area contributed by atoms with Crippen molar-refractivity contribution in [3.8, 4) is 5.75 Å². The van der Waals surface area contributed by atoms with Crippen LogP contribution < -0.4 is 20.3 Å². The minimum atomic E-state index is -0.757. The molecule has 37 heavy (non-hydrogen) atoms. The summed E-state index contributed by atoms with van der Waals surface area (Å²) in [5.41, 5.74) is 2.93. The maximum Gasteiger partial charge on any atom is 0.323 e. The van der Waals surface area contributed by atoms with E-state index in [2.05, 4.69) is 15.5 Å². The number of para-hydroxylation sites is 1. The lowest BCUT2D eigenvalue weighted by Crippen LogP contribution is -2.41. The zero-order valence-electron chi connectivity index (χ0n) is 22.0. The summed E-state index contributed by atoms with van der Waals surface area (Å²) in [6.45, 7) is 6.98. The van der Waals surface area contributed by atoms with Crippen LogP contribution in [0.1, 0.15) is 44.6 Å². The monoisotopic (exact) mass is 510 g/mol. The summed E-state index contributed by atoms with van der Waals surface area (Å²) in [4.78, 5) is 40.4. The molecular formula is C28H38N4O5. The van der Waals surface area contributed by atoms with Gasteiger partial charge >= 0.3 is 12.0 Å². The van der Waals surface area contributed by atoms with E-state index in [1.54, 1.807) is 12.1 Å². The summed E-state index contributed by atoms with van der Waals surface area (Å²) < 4.78 is 5.55. The smallest absolute Gasteiger partial charge is 0.323 e. The molecule has 0 aromatic heterocycles. The first-order valence-electron chi connectivity index (χ1n) is 12.9. The van der Waals surface area contributed by atoms with E-state index in [-0.39, 0.29) is 18.4 Å². The first-order valence-corrected chi connectivity index (χ1v) is 12.9. The first kappa shape index (κ1) is 28.0. The highest BCUT2D eigenvalue weighted by molar-refractivity contribution is 6.01. The number of piperidine rings is 1. The Labute approximate surface area is 218 Å². The number of hydrogen-bond donors (Lipinski definition) is 3. The zero-order chi connectivity index (χ0) is 26.8. The van der Waals surface area contributed by atoms with Crippen molar-refractivity contribution in [2.75, 3.05) is 48.8 Å². The van der Waals surface area contributed by atoms with Crippen LogP contribution in [0.25, 0.3) is 0 Å². The van der Waals surface area contributed by atoms with Gasteiger partial charge in [-0.1, -0.05) is 25.1 Å². The molecule has 3 rings (SSSR count). The number of carbonyl (C=O) groups excluding carboxylic acids is 2. The third-order valence-corrected chi connectivity index (χ3v) is 6.75. The van der Waals surface area contributed by atoms with Gasteiger partial charge in [0.25, 0.3) is 0 Å². The second-order valence-electron chi connectivity index (χ2n) is 9.42. The Morgan fingerprint density at radius 3 is 2.43 bits per heavy atom. The van der Waals surface area contributed by atoms with E-state index in [0.717, 1.165) is 49.4 Å². The molecule has 9 heteroatoms. The van der Waals surface area contributed by atoms with Crippen molar-refractivity contribution in [1.29, 1.82) is 0 Å². The third-order valence-electron chi connectivity index (χ3n) is 6.75. The van der Waals surface area contributed by atoms with E-state index < -0.39 is 5.97 Å². The van der Waals surface area contributed by atoms with Gasteiger partial charge in [0, 0.05) is 36.8 Å². The lowest BCUT2D eigenvalue weighted by atomic mass is 9.95. The van der Waals surface area contributed by atoms with Crippen LogP contribution >= 0.6 is 0 Å². The lowest BCUT2D eigenvalue weighted by Gasteiger charge is -2.35. The number of amides is 3. The van der Waals surface area contributed by atoms with Crippen LogP contribution in [0.2, 0.25) is 0 Å². The highest BCUT2D eigenvalue weighted by atomic mass is 16.5. The van der Waals surface area contributed by atoms with Gasteiger partial charge in [0.15, 0.2) is 0 Å². The number of carboxylic acids is 1. The molecule has 200 valence electrons. The number of aryl methyl sites for hydroxylation is 1. The largest absolute Gasteiger partial charge is 0.494 e. The first-order chi connectivity index (χ1) is 17.8. The van der Waals surface area contributed by atoms with Crippen LogP contribution in [0.4, 0.5) is 21.9 Å². The molecule has 9 nitrogen and oxygen atoms in total. The molecule has 0 spiro atoms. The molecule has 0 aliphatic carbocycles. The zero-order valence-corrected chi connectivity index (χ0v) is 22.0. The van der Waals surface area contributed by atoms with Gasteiger partial charge in [-0.25, -0.2) is 4.79 Å². The fourth-order valence-electron chi connectivity index (χ4n) is 4.59. The van der Waals surface area contributed by atoms with Crippen molar-refractivity contribution >= 4 is 35.0 Å². The van der Waals surface area contributed by atoms with Crippen LogP contribution in [0.5, 0.6) is 5.75 Å². The van der Waals surface area contributed by atoms with Crippen molar-refractivity contribution in [3.63, 3.8) is 0 Å². The number of benzene rings is 2. The van der Waals surface area contributed by atoms with Gasteiger partial charge in [0.2, 0.25) is 5.91 Å². The van der Waals surface area contributed by atoms with Crippen LogP contribution in [0.3, 0.4) is 0 Å². The summed E-state index contributed by atoms with van der Waals surface area (Å²) in [6, 6.07) is 12.5. The number of rotatable bonds is 11. The molecule has 1 fully saturated rings. The molecule has 1 aliphatic heterocycles. The van der Waals surface area contributed by atoms with Crippen LogP contribution in [0.15, 0.2) is 42.5 Å². The number of nitrogens with zero attached hydrogens (tertiary/aromatic N) is 2. The lowest BCUT2D eigenvalue weighted by molar-refractivity contribution is -0.137. The molecule has 2 aromatic rings. The summed E-state index contributed by atoms with van der Waals surface area (Å²) in [7, 11) is 1.54. The average molecular weight is 511 g/mol. The Balaban J connectivity index is 1.64. The maximum absolute atomic E-state index is 12.9. The highest BCUT2D eigenvalue weighted by Gasteiger charge is 2.25. The number of methoxy groups -OCH3 is 1. The van der Waals surface area contributed by atoms with Crippen LogP contribution in [-0.2, 0) is 9.59 Å². The summed E-state index contributed by atoms with van der Waals surface area (Å²) >= 11 is 0. The number of carbonyl (C=O) groups is 3. The van der Waals surface area contributed by atoms with Crippen molar-refractivity contribution in [2.24, 2.45) is 5.92 Å². The van der Waals surface area contributed by atoms with Gasteiger partial charge in [-0.15, -0.1) is 0 Å². The Kier molecular flexibility index (Phi) is 10.3. The van der Waals surface area contributed by atoms with Crippen molar-refractivity contribution in [2.45, 2.75) is 46.0 Å². The summed E-state index contributed by atoms with van der Waals surface area (Å²) in [5.74, 6) is 0.102. The molecule has 0 bridgehead atoms. The number of likely N-dealkylation sites (tertiary alicyclic amines) is 1. The molecule has 0 unspecified atom stereocenters. The van der Waals surface area contributed by atoms with Crippen molar-refractivity contribution in [3.05, 3.63) is 48.0 Å². The van der Waals surface area contributed by atoms with Crippen molar-refractivity contribution in [1.82, 2.24) is 4.90 Å². The molecule has 1 aliphatic rings. The Hall–Kier alpha value is -3.59. The minimum absolute atomic E-state index is 0.0314. The minimum Gasteiger partial charge on any atom is -0.494 e. The quantitative estimate of drug-likeness (QED) is 0.394. The molecule has 2 aromatic carbocycles. The second-order valence-corrected chi connectivity index (χ2v) is 9.42. The van der Waals surface area contributed by atoms with Gasteiger partial charge in [-0.3, -0.25) is 9.59 Å².